The van der Waals surface area contributed by atoms with Crippen LogP contribution in [0.2, 0.25) is 0 Å². The van der Waals surface area contributed by atoms with Crippen LogP contribution in [0.1, 0.15) is 52.7 Å². The Balaban J connectivity index is 1.26. The van der Waals surface area contributed by atoms with E-state index < -0.39 is 0 Å². The van der Waals surface area contributed by atoms with Crippen LogP contribution in [0.4, 0.5) is 0 Å². The van der Waals surface area contributed by atoms with E-state index in [-0.39, 0.29) is 16.2 Å². The highest BCUT2D eigenvalue weighted by atomic mass is 14.6. The van der Waals surface area contributed by atoms with Crippen molar-refractivity contribution in [3.8, 4) is 33.4 Å². The van der Waals surface area contributed by atoms with Crippen LogP contribution in [-0.4, -0.2) is 0 Å². The zero-order chi connectivity index (χ0) is 38.8. The molecule has 1 aliphatic carbocycles. The lowest BCUT2D eigenvalue weighted by Crippen LogP contribution is -2.50. The van der Waals surface area contributed by atoms with Crippen LogP contribution in [0.15, 0.2) is 170 Å². The van der Waals surface area contributed by atoms with E-state index >= 15 is 0 Å². The fourth-order valence-corrected chi connectivity index (χ4v) is 11.7. The summed E-state index contributed by atoms with van der Waals surface area (Å²) in [6, 6.07) is 64.3. The second kappa shape index (κ2) is 11.9. The van der Waals surface area contributed by atoms with Crippen molar-refractivity contribution in [2.75, 3.05) is 0 Å². The summed E-state index contributed by atoms with van der Waals surface area (Å²) in [5, 5.41) is 15.6. The van der Waals surface area contributed by atoms with Crippen LogP contribution in [0.25, 0.3) is 98.0 Å². The third-order valence-electron chi connectivity index (χ3n) is 13.5. The molecule has 10 aromatic rings. The maximum Gasteiger partial charge on any atom is 0.0318 e. The Kier molecular flexibility index (Phi) is 7.10. The molecular weight excluding hydrogens is 685 g/mol. The Morgan fingerprint density at radius 1 is 0.316 bits per heavy atom. The first-order valence-electron chi connectivity index (χ1n) is 20.5. The minimum absolute atomic E-state index is 0.0905. The molecule has 0 aliphatic heterocycles. The van der Waals surface area contributed by atoms with E-state index in [1.54, 1.807) is 0 Å². The molecule has 0 heterocycles. The van der Waals surface area contributed by atoms with Crippen LogP contribution >= 0.6 is 0 Å². The predicted molar refractivity (Wildman–Crippen MR) is 247 cm³/mol. The predicted octanol–water partition coefficient (Wildman–Crippen LogP) is 16.3. The maximum atomic E-state index is 2.53. The van der Waals surface area contributed by atoms with E-state index in [1.165, 1.54) is 109 Å². The second-order valence-electron chi connectivity index (χ2n) is 18.5. The Hall–Kier alpha value is -6.24. The van der Waals surface area contributed by atoms with Gasteiger partial charge in [-0.25, -0.2) is 0 Å². The Bertz CT molecular complexity index is 3240. The highest BCUT2D eigenvalue weighted by Crippen LogP contribution is 2.67. The molecular formula is C57H46. The number of hydrogen-bond donors (Lipinski definition) is 0. The van der Waals surface area contributed by atoms with E-state index in [0.29, 0.717) is 0 Å². The van der Waals surface area contributed by atoms with Gasteiger partial charge in [-0.3, -0.25) is 0 Å². The van der Waals surface area contributed by atoms with Gasteiger partial charge < -0.3 is 0 Å². The topological polar surface area (TPSA) is 0 Å². The lowest BCUT2D eigenvalue weighted by molar-refractivity contribution is 0.0965. The number of fused-ring (bicyclic) bond motifs is 12. The van der Waals surface area contributed by atoms with E-state index in [9.17, 15) is 0 Å². The average Bonchev–Trinajstić information content (AvgIpc) is 3.54. The molecule has 0 radical (unpaired) electrons. The Morgan fingerprint density at radius 3 is 1.28 bits per heavy atom. The molecule has 0 atom stereocenters. The van der Waals surface area contributed by atoms with Crippen molar-refractivity contribution in [3.63, 3.8) is 0 Å². The van der Waals surface area contributed by atoms with E-state index in [4.69, 9.17) is 0 Å². The van der Waals surface area contributed by atoms with Gasteiger partial charge in [-0.15, -0.1) is 0 Å². The van der Waals surface area contributed by atoms with Gasteiger partial charge in [0, 0.05) is 5.41 Å². The van der Waals surface area contributed by atoms with Gasteiger partial charge in [-0.2, -0.15) is 0 Å². The van der Waals surface area contributed by atoms with Crippen molar-refractivity contribution in [1.29, 1.82) is 0 Å². The molecule has 0 amide bonds. The standard InChI is InChI=1S/C57H46/c1-55(2,3)57(56(4,5)6)50-34-38-20-10-9-19-37(38)32-49(50)53-42-22-12-11-21-41(42)48-33-40(29-30-47(48)54(53)57)52-45-25-15-13-23-43(45)51(44-24-14-16-26-46(44)52)39-28-27-35-17-7-8-18-36(35)31-39/h7-34H,1-6H3. The summed E-state index contributed by atoms with van der Waals surface area (Å²) in [6.07, 6.45) is 0. The molecule has 274 valence electrons. The molecule has 0 aromatic heterocycles. The smallest absolute Gasteiger partial charge is 0.0318 e. The largest absolute Gasteiger partial charge is 0.0616 e. The average molecular weight is 731 g/mol. The van der Waals surface area contributed by atoms with Crippen LogP contribution < -0.4 is 0 Å². The van der Waals surface area contributed by atoms with Gasteiger partial charge in [0.25, 0.3) is 0 Å². The molecule has 0 saturated carbocycles. The summed E-state index contributed by atoms with van der Waals surface area (Å²) >= 11 is 0. The Morgan fingerprint density at radius 2 is 0.737 bits per heavy atom. The van der Waals surface area contributed by atoms with E-state index in [0.717, 1.165) is 0 Å². The third kappa shape index (κ3) is 4.62. The Labute approximate surface area is 335 Å². The summed E-state index contributed by atoms with van der Waals surface area (Å²) in [4.78, 5) is 0. The molecule has 0 heteroatoms. The van der Waals surface area contributed by atoms with Crippen molar-refractivity contribution in [1.82, 2.24) is 0 Å². The number of rotatable bonds is 2. The van der Waals surface area contributed by atoms with Crippen molar-refractivity contribution in [3.05, 3.63) is 181 Å². The second-order valence-corrected chi connectivity index (χ2v) is 18.5. The molecule has 1 aliphatic rings. The maximum absolute atomic E-state index is 2.53. The molecule has 57 heavy (non-hydrogen) atoms. The highest BCUT2D eigenvalue weighted by Gasteiger charge is 2.58. The van der Waals surface area contributed by atoms with Crippen molar-refractivity contribution in [2.24, 2.45) is 10.8 Å². The van der Waals surface area contributed by atoms with Crippen molar-refractivity contribution in [2.45, 2.75) is 47.0 Å². The molecule has 10 aromatic carbocycles. The molecule has 0 unspecified atom stereocenters. The first-order chi connectivity index (χ1) is 27.6. The summed E-state index contributed by atoms with van der Waals surface area (Å²) in [6.45, 7) is 14.8. The minimum atomic E-state index is -0.264. The first-order valence-corrected chi connectivity index (χ1v) is 20.5. The fraction of sp³-hybridized carbons (Fsp3) is 0.158. The van der Waals surface area contributed by atoms with Gasteiger partial charge in [-0.05, 0) is 144 Å². The van der Waals surface area contributed by atoms with Gasteiger partial charge in [0.15, 0.2) is 0 Å². The van der Waals surface area contributed by atoms with E-state index in [2.05, 4.69) is 211 Å². The lowest BCUT2D eigenvalue weighted by Gasteiger charge is -2.53. The molecule has 0 nitrogen and oxygen atoms in total. The molecule has 0 N–H and O–H groups in total. The summed E-state index contributed by atoms with van der Waals surface area (Å²) < 4.78 is 0. The first kappa shape index (κ1) is 34.0. The number of hydrogen-bond acceptors (Lipinski definition) is 0. The molecule has 0 saturated heterocycles. The monoisotopic (exact) mass is 730 g/mol. The zero-order valence-corrected chi connectivity index (χ0v) is 33.7. The number of benzene rings is 10. The quantitative estimate of drug-likeness (QED) is 0.123. The normalized spacial score (nSPS) is 13.9. The van der Waals surface area contributed by atoms with Gasteiger partial charge in [0.05, 0.1) is 0 Å². The van der Waals surface area contributed by atoms with Crippen LogP contribution in [0.5, 0.6) is 0 Å². The zero-order valence-electron chi connectivity index (χ0n) is 33.7. The highest BCUT2D eigenvalue weighted by molar-refractivity contribution is 6.24. The van der Waals surface area contributed by atoms with E-state index in [1.807, 2.05) is 0 Å². The SMILES string of the molecule is CC(C)(C)C1(C(C)(C)C)c2cc3ccccc3cc2-c2c1c1ccc(-c3c4ccccc4c(-c4ccc5ccccc5c4)c4ccccc34)cc1c1ccccc21. The van der Waals surface area contributed by atoms with Crippen LogP contribution in [0.3, 0.4) is 0 Å². The lowest BCUT2D eigenvalue weighted by atomic mass is 9.49. The summed E-state index contributed by atoms with van der Waals surface area (Å²) in [5.41, 5.74) is 10.4. The van der Waals surface area contributed by atoms with Gasteiger partial charge >= 0.3 is 0 Å². The van der Waals surface area contributed by atoms with Crippen molar-refractivity contribution < 1.29 is 0 Å². The third-order valence-corrected chi connectivity index (χ3v) is 13.5. The minimum Gasteiger partial charge on any atom is -0.0616 e. The molecule has 0 spiro atoms. The van der Waals surface area contributed by atoms with Gasteiger partial charge in [0.2, 0.25) is 0 Å². The van der Waals surface area contributed by atoms with Crippen LogP contribution in [-0.2, 0) is 5.41 Å². The molecule has 11 rings (SSSR count). The van der Waals surface area contributed by atoms with Crippen LogP contribution in [0, 0.1) is 10.8 Å². The summed E-state index contributed by atoms with van der Waals surface area (Å²) in [5.74, 6) is 0. The molecule has 0 fully saturated rings. The fourth-order valence-electron chi connectivity index (χ4n) is 11.7. The van der Waals surface area contributed by atoms with Gasteiger partial charge in [0.1, 0.15) is 0 Å². The van der Waals surface area contributed by atoms with Crippen molar-refractivity contribution >= 4 is 64.6 Å². The van der Waals surface area contributed by atoms with Gasteiger partial charge in [-0.1, -0.05) is 187 Å². The summed E-state index contributed by atoms with van der Waals surface area (Å²) in [7, 11) is 0. The molecule has 0 bridgehead atoms.